The van der Waals surface area contributed by atoms with Gasteiger partial charge in [-0.05, 0) is 24.5 Å². The number of alkyl carbamates (subject to hydrolysis) is 1. The van der Waals surface area contributed by atoms with Crippen LogP contribution in [-0.2, 0) is 28.7 Å². The van der Waals surface area contributed by atoms with E-state index in [9.17, 15) is 22.8 Å². The molecule has 2 amide bonds. The number of carbonyl (C=O) groups excluding carboxylic acids is 2. The van der Waals surface area contributed by atoms with Crippen LogP contribution in [0.2, 0.25) is 0 Å². The minimum absolute atomic E-state index is 0.0915. The molecule has 0 saturated carbocycles. The zero-order chi connectivity index (χ0) is 24.3. The highest BCUT2D eigenvalue weighted by atomic mass is 19.4. The Morgan fingerprint density at radius 2 is 1.97 bits per heavy atom. The molecule has 2 aromatic heterocycles. The Labute approximate surface area is 193 Å². The van der Waals surface area contributed by atoms with Crippen LogP contribution >= 0.6 is 0 Å². The standard InChI is InChI=1S/C23H24F3N5O3/c1-2-17-10-19(23(24,25)26)31-20(28-17)11-18(29-31)16-8-9-30(13-16)21(32)12-27-22(33)34-14-15-6-4-3-5-7-15/h3-7,10-11,16H,2,8-9,12-14H2,1H3,(H,27,33)/t16-/m1/s1. The quantitative estimate of drug-likeness (QED) is 0.589. The Morgan fingerprint density at radius 3 is 2.68 bits per heavy atom. The summed E-state index contributed by atoms with van der Waals surface area (Å²) >= 11 is 0. The molecule has 34 heavy (non-hydrogen) atoms. The number of fused-ring (bicyclic) bond motifs is 1. The normalized spacial score (nSPS) is 16.1. The maximum absolute atomic E-state index is 13.5. The Hall–Kier alpha value is -3.63. The number of nitrogens with one attached hydrogen (secondary N) is 1. The first kappa shape index (κ1) is 23.5. The van der Waals surface area contributed by atoms with Crippen molar-refractivity contribution in [2.75, 3.05) is 19.6 Å². The minimum Gasteiger partial charge on any atom is -0.445 e. The van der Waals surface area contributed by atoms with Crippen molar-refractivity contribution >= 4 is 17.6 Å². The fourth-order valence-electron chi connectivity index (χ4n) is 3.89. The van der Waals surface area contributed by atoms with Crippen LogP contribution in [0.3, 0.4) is 0 Å². The first-order valence-corrected chi connectivity index (χ1v) is 10.9. The number of likely N-dealkylation sites (tertiary alicyclic amines) is 1. The number of ether oxygens (including phenoxy) is 1. The molecule has 0 bridgehead atoms. The number of hydrogen-bond donors (Lipinski definition) is 1. The third-order valence-corrected chi connectivity index (χ3v) is 5.71. The number of amides is 2. The summed E-state index contributed by atoms with van der Waals surface area (Å²) in [6.07, 6.45) is -4.35. The lowest BCUT2D eigenvalue weighted by Crippen LogP contribution is -2.39. The molecular formula is C23H24F3N5O3. The Bertz CT molecular complexity index is 1180. The fraction of sp³-hybridized carbons (Fsp3) is 0.391. The number of rotatable bonds is 6. The summed E-state index contributed by atoms with van der Waals surface area (Å²) in [4.78, 5) is 30.2. The molecule has 0 radical (unpaired) electrons. The lowest BCUT2D eigenvalue weighted by molar-refractivity contribution is -0.142. The van der Waals surface area contributed by atoms with Crippen molar-refractivity contribution in [3.8, 4) is 0 Å². The SMILES string of the molecule is CCc1cc(C(F)(F)F)n2nc([C@@H]3CCN(C(=O)CNC(=O)OCc4ccccc4)C3)cc2n1. The van der Waals surface area contributed by atoms with E-state index < -0.39 is 18.0 Å². The second-order valence-corrected chi connectivity index (χ2v) is 8.06. The van der Waals surface area contributed by atoms with Gasteiger partial charge in [-0.2, -0.15) is 18.3 Å². The zero-order valence-electron chi connectivity index (χ0n) is 18.5. The molecule has 0 spiro atoms. The molecule has 1 aliphatic heterocycles. The molecule has 1 aliphatic rings. The van der Waals surface area contributed by atoms with Crippen molar-refractivity contribution in [1.29, 1.82) is 0 Å². The monoisotopic (exact) mass is 475 g/mol. The van der Waals surface area contributed by atoms with E-state index in [1.807, 2.05) is 30.3 Å². The molecule has 0 aliphatic carbocycles. The number of carbonyl (C=O) groups is 2. The maximum Gasteiger partial charge on any atom is 0.433 e. The second kappa shape index (κ2) is 9.70. The van der Waals surface area contributed by atoms with Crippen LogP contribution in [0.5, 0.6) is 0 Å². The van der Waals surface area contributed by atoms with E-state index in [-0.39, 0.29) is 30.6 Å². The third kappa shape index (κ3) is 5.29. The van der Waals surface area contributed by atoms with Crippen molar-refractivity contribution in [3.63, 3.8) is 0 Å². The van der Waals surface area contributed by atoms with E-state index in [2.05, 4.69) is 15.4 Å². The van der Waals surface area contributed by atoms with Gasteiger partial charge in [0, 0.05) is 30.8 Å². The summed E-state index contributed by atoms with van der Waals surface area (Å²) in [5, 5.41) is 6.60. The van der Waals surface area contributed by atoms with Gasteiger partial charge in [0.1, 0.15) is 18.8 Å². The van der Waals surface area contributed by atoms with Gasteiger partial charge in [0.2, 0.25) is 5.91 Å². The van der Waals surface area contributed by atoms with Crippen molar-refractivity contribution in [2.45, 2.75) is 38.5 Å². The smallest absolute Gasteiger partial charge is 0.433 e. The van der Waals surface area contributed by atoms with Gasteiger partial charge in [-0.15, -0.1) is 0 Å². The average molecular weight is 475 g/mol. The molecule has 1 atom stereocenters. The lowest BCUT2D eigenvalue weighted by atomic mass is 10.1. The summed E-state index contributed by atoms with van der Waals surface area (Å²) in [7, 11) is 0. The number of aromatic nitrogens is 3. The fourth-order valence-corrected chi connectivity index (χ4v) is 3.89. The van der Waals surface area contributed by atoms with Crippen LogP contribution in [0.4, 0.5) is 18.0 Å². The molecule has 1 N–H and O–H groups in total. The number of aryl methyl sites for hydroxylation is 1. The van der Waals surface area contributed by atoms with Crippen LogP contribution in [0.25, 0.3) is 5.65 Å². The molecule has 3 aromatic rings. The molecular weight excluding hydrogens is 451 g/mol. The molecule has 4 rings (SSSR count). The van der Waals surface area contributed by atoms with E-state index in [0.717, 1.165) is 16.1 Å². The highest BCUT2D eigenvalue weighted by Crippen LogP contribution is 2.32. The first-order chi connectivity index (χ1) is 16.2. The topological polar surface area (TPSA) is 88.8 Å². The van der Waals surface area contributed by atoms with Gasteiger partial charge in [0.05, 0.1) is 5.69 Å². The maximum atomic E-state index is 13.5. The zero-order valence-corrected chi connectivity index (χ0v) is 18.5. The van der Waals surface area contributed by atoms with Gasteiger partial charge >= 0.3 is 12.3 Å². The molecule has 1 aromatic carbocycles. The molecule has 1 saturated heterocycles. The molecule has 8 nitrogen and oxygen atoms in total. The van der Waals surface area contributed by atoms with Gasteiger partial charge in [0.15, 0.2) is 5.65 Å². The molecule has 180 valence electrons. The predicted octanol–water partition coefficient (Wildman–Crippen LogP) is 3.55. The van der Waals surface area contributed by atoms with Crippen LogP contribution in [0, 0.1) is 0 Å². The number of alkyl halides is 3. The number of hydrogen-bond acceptors (Lipinski definition) is 5. The Morgan fingerprint density at radius 1 is 1.21 bits per heavy atom. The molecule has 11 heteroatoms. The second-order valence-electron chi connectivity index (χ2n) is 8.06. The summed E-state index contributed by atoms with van der Waals surface area (Å²) in [5.41, 5.74) is 0.878. The highest BCUT2D eigenvalue weighted by molar-refractivity contribution is 5.82. The highest BCUT2D eigenvalue weighted by Gasteiger charge is 2.36. The third-order valence-electron chi connectivity index (χ3n) is 5.71. The van der Waals surface area contributed by atoms with Crippen LogP contribution in [0.15, 0.2) is 42.5 Å². The lowest BCUT2D eigenvalue weighted by Gasteiger charge is -2.16. The van der Waals surface area contributed by atoms with E-state index in [4.69, 9.17) is 4.74 Å². The van der Waals surface area contributed by atoms with Crippen LogP contribution in [-0.4, -0.2) is 51.1 Å². The Balaban J connectivity index is 1.35. The van der Waals surface area contributed by atoms with Crippen molar-refractivity contribution < 1.29 is 27.5 Å². The number of benzene rings is 1. The molecule has 3 heterocycles. The largest absolute Gasteiger partial charge is 0.445 e. The minimum atomic E-state index is -4.56. The number of halogens is 3. The first-order valence-electron chi connectivity index (χ1n) is 10.9. The van der Waals surface area contributed by atoms with Gasteiger partial charge in [-0.1, -0.05) is 37.3 Å². The Kier molecular flexibility index (Phi) is 6.71. The van der Waals surface area contributed by atoms with E-state index in [1.165, 1.54) is 0 Å². The van der Waals surface area contributed by atoms with E-state index in [0.29, 0.717) is 37.3 Å². The van der Waals surface area contributed by atoms with Crippen molar-refractivity contribution in [2.24, 2.45) is 0 Å². The van der Waals surface area contributed by atoms with Gasteiger partial charge < -0.3 is 15.0 Å². The molecule has 0 unspecified atom stereocenters. The van der Waals surface area contributed by atoms with Gasteiger partial charge in [-0.25, -0.2) is 14.3 Å². The van der Waals surface area contributed by atoms with Gasteiger partial charge in [-0.3, -0.25) is 4.79 Å². The summed E-state index contributed by atoms with van der Waals surface area (Å²) in [6, 6.07) is 11.7. The van der Waals surface area contributed by atoms with Crippen LogP contribution in [0.1, 0.15) is 41.9 Å². The van der Waals surface area contributed by atoms with E-state index >= 15 is 0 Å². The molecule has 1 fully saturated rings. The summed E-state index contributed by atoms with van der Waals surface area (Å²) < 4.78 is 46.4. The summed E-state index contributed by atoms with van der Waals surface area (Å²) in [6.45, 7) is 2.31. The van der Waals surface area contributed by atoms with Crippen molar-refractivity contribution in [1.82, 2.24) is 24.8 Å². The van der Waals surface area contributed by atoms with Crippen molar-refractivity contribution in [3.05, 3.63) is 65.1 Å². The average Bonchev–Trinajstić information content (AvgIpc) is 3.47. The van der Waals surface area contributed by atoms with E-state index in [1.54, 1.807) is 17.9 Å². The van der Waals surface area contributed by atoms with Crippen LogP contribution < -0.4 is 5.32 Å². The number of nitrogens with zero attached hydrogens (tertiary/aromatic N) is 4. The summed E-state index contributed by atoms with van der Waals surface area (Å²) in [5.74, 6) is -0.521. The predicted molar refractivity (Wildman–Crippen MR) is 116 cm³/mol. The van der Waals surface area contributed by atoms with Gasteiger partial charge in [0.25, 0.3) is 0 Å².